The van der Waals surface area contributed by atoms with E-state index in [0.717, 1.165) is 35.3 Å². The molecular formula is C21H26N4O2. The number of amides is 1. The molecule has 1 N–H and O–H groups in total. The number of hydrogen-bond donors (Lipinski definition) is 1. The molecule has 0 aliphatic heterocycles. The van der Waals surface area contributed by atoms with Gasteiger partial charge in [0.2, 0.25) is 5.43 Å². The van der Waals surface area contributed by atoms with Crippen molar-refractivity contribution in [1.29, 1.82) is 0 Å². The van der Waals surface area contributed by atoms with Crippen LogP contribution in [0.15, 0.2) is 29.2 Å². The standard InChI is InChI=1S/C21H26N4O2/c1-13-8-9-19-17(11-13)20(26)18(12-25(19)5)21(27)24(4)10-6-7-16-14(2)22-23-15(16)3/h8-9,11-12H,6-7,10H2,1-5H3,(H,22,23). The molecule has 6 nitrogen and oxygen atoms in total. The third-order valence-electron chi connectivity index (χ3n) is 5.12. The van der Waals surface area contributed by atoms with E-state index >= 15 is 0 Å². The van der Waals surface area contributed by atoms with Crippen molar-refractivity contribution in [3.05, 3.63) is 62.7 Å². The van der Waals surface area contributed by atoms with Crippen LogP contribution in [-0.4, -0.2) is 39.2 Å². The molecule has 0 aliphatic rings. The largest absolute Gasteiger partial charge is 0.350 e. The van der Waals surface area contributed by atoms with Crippen LogP contribution in [0.2, 0.25) is 0 Å². The molecule has 2 heterocycles. The summed E-state index contributed by atoms with van der Waals surface area (Å²) in [4.78, 5) is 27.4. The minimum atomic E-state index is -0.236. The number of H-pyrrole nitrogens is 1. The third-order valence-corrected chi connectivity index (χ3v) is 5.12. The SMILES string of the molecule is Cc1ccc2c(c1)c(=O)c(C(=O)N(C)CCCc1c(C)n[nH]c1C)cn2C. The van der Waals surface area contributed by atoms with Crippen molar-refractivity contribution < 1.29 is 4.79 Å². The third kappa shape index (κ3) is 3.65. The normalized spacial score (nSPS) is 11.1. The van der Waals surface area contributed by atoms with Crippen LogP contribution in [0.3, 0.4) is 0 Å². The van der Waals surface area contributed by atoms with Gasteiger partial charge < -0.3 is 9.47 Å². The zero-order chi connectivity index (χ0) is 19.7. The van der Waals surface area contributed by atoms with Crippen molar-refractivity contribution in [1.82, 2.24) is 19.7 Å². The van der Waals surface area contributed by atoms with Crippen LogP contribution >= 0.6 is 0 Å². The average molecular weight is 366 g/mol. The van der Waals surface area contributed by atoms with E-state index in [0.29, 0.717) is 11.9 Å². The minimum Gasteiger partial charge on any atom is -0.350 e. The molecule has 2 aromatic heterocycles. The maximum absolute atomic E-state index is 12.9. The summed E-state index contributed by atoms with van der Waals surface area (Å²) >= 11 is 0. The molecule has 3 aromatic rings. The predicted molar refractivity (Wildman–Crippen MR) is 107 cm³/mol. The van der Waals surface area contributed by atoms with E-state index in [4.69, 9.17) is 0 Å². The number of nitrogens with zero attached hydrogens (tertiary/aromatic N) is 3. The molecule has 142 valence electrons. The van der Waals surface area contributed by atoms with Gasteiger partial charge in [0, 0.05) is 37.9 Å². The highest BCUT2D eigenvalue weighted by Crippen LogP contribution is 2.15. The monoisotopic (exact) mass is 366 g/mol. The number of carbonyl (C=O) groups excluding carboxylic acids is 1. The number of benzene rings is 1. The molecule has 0 aliphatic carbocycles. The van der Waals surface area contributed by atoms with Crippen molar-refractivity contribution in [3.63, 3.8) is 0 Å². The van der Waals surface area contributed by atoms with Gasteiger partial charge in [0.05, 0.1) is 11.2 Å². The summed E-state index contributed by atoms with van der Waals surface area (Å²) in [7, 11) is 3.61. The van der Waals surface area contributed by atoms with E-state index in [1.54, 1.807) is 18.1 Å². The summed E-state index contributed by atoms with van der Waals surface area (Å²) in [5.41, 5.74) is 5.12. The second-order valence-corrected chi connectivity index (χ2v) is 7.25. The molecule has 0 spiro atoms. The van der Waals surface area contributed by atoms with Gasteiger partial charge >= 0.3 is 0 Å². The second-order valence-electron chi connectivity index (χ2n) is 7.25. The van der Waals surface area contributed by atoms with Crippen LogP contribution < -0.4 is 5.43 Å². The number of nitrogens with one attached hydrogen (secondary N) is 1. The molecule has 0 saturated carbocycles. The number of hydrogen-bond acceptors (Lipinski definition) is 3. The van der Waals surface area contributed by atoms with Crippen LogP contribution in [0.4, 0.5) is 0 Å². The Kier molecular flexibility index (Phi) is 5.17. The molecule has 1 aromatic carbocycles. The van der Waals surface area contributed by atoms with E-state index in [1.807, 2.05) is 50.6 Å². The van der Waals surface area contributed by atoms with Crippen LogP contribution in [0.25, 0.3) is 10.9 Å². The summed E-state index contributed by atoms with van der Waals surface area (Å²) in [6.45, 7) is 6.51. The number of rotatable bonds is 5. The zero-order valence-corrected chi connectivity index (χ0v) is 16.6. The molecule has 0 bridgehead atoms. The Morgan fingerprint density at radius 2 is 2.00 bits per heavy atom. The average Bonchev–Trinajstić information content (AvgIpc) is 2.95. The van der Waals surface area contributed by atoms with Gasteiger partial charge in [-0.15, -0.1) is 0 Å². The molecular weight excluding hydrogens is 340 g/mol. The van der Waals surface area contributed by atoms with Gasteiger partial charge in [-0.2, -0.15) is 5.10 Å². The number of fused-ring (bicyclic) bond motifs is 1. The zero-order valence-electron chi connectivity index (χ0n) is 16.6. The number of carbonyl (C=O) groups is 1. The van der Waals surface area contributed by atoms with E-state index in [2.05, 4.69) is 10.2 Å². The topological polar surface area (TPSA) is 71.0 Å². The maximum atomic E-state index is 12.9. The van der Waals surface area contributed by atoms with Gasteiger partial charge in [-0.25, -0.2) is 0 Å². The van der Waals surface area contributed by atoms with E-state index < -0.39 is 0 Å². The molecule has 1 amide bonds. The molecule has 6 heteroatoms. The molecule has 27 heavy (non-hydrogen) atoms. The first kappa shape index (κ1) is 18.9. The van der Waals surface area contributed by atoms with Crippen molar-refractivity contribution >= 4 is 16.8 Å². The first-order chi connectivity index (χ1) is 12.8. The van der Waals surface area contributed by atoms with E-state index in [1.165, 1.54) is 5.56 Å². The Morgan fingerprint density at radius 3 is 2.67 bits per heavy atom. The molecule has 0 atom stereocenters. The molecule has 3 rings (SSSR count). The number of pyridine rings is 1. The smallest absolute Gasteiger partial charge is 0.259 e. The Morgan fingerprint density at radius 1 is 1.26 bits per heavy atom. The number of aromatic amines is 1. The fourth-order valence-electron chi connectivity index (χ4n) is 3.50. The van der Waals surface area contributed by atoms with Gasteiger partial charge in [0.15, 0.2) is 0 Å². The van der Waals surface area contributed by atoms with Crippen molar-refractivity contribution in [2.45, 2.75) is 33.6 Å². The quantitative estimate of drug-likeness (QED) is 0.755. The van der Waals surface area contributed by atoms with E-state index in [9.17, 15) is 9.59 Å². The Balaban J connectivity index is 1.79. The summed E-state index contributed by atoms with van der Waals surface area (Å²) in [6.07, 6.45) is 3.31. The Bertz CT molecular complexity index is 1040. The Labute approximate surface area is 158 Å². The summed E-state index contributed by atoms with van der Waals surface area (Å²) < 4.78 is 1.84. The van der Waals surface area contributed by atoms with Crippen LogP contribution in [0.1, 0.15) is 39.3 Å². The first-order valence-electron chi connectivity index (χ1n) is 9.15. The molecule has 0 fully saturated rings. The molecule has 0 unspecified atom stereocenters. The van der Waals surface area contributed by atoms with Gasteiger partial charge in [-0.3, -0.25) is 14.7 Å². The van der Waals surface area contributed by atoms with Crippen molar-refractivity contribution in [2.75, 3.05) is 13.6 Å². The van der Waals surface area contributed by atoms with Crippen LogP contribution in [-0.2, 0) is 13.5 Å². The summed E-state index contributed by atoms with van der Waals surface area (Å²) in [5, 5.41) is 7.77. The lowest BCUT2D eigenvalue weighted by Gasteiger charge is -2.18. The lowest BCUT2D eigenvalue weighted by Crippen LogP contribution is -2.32. The lowest BCUT2D eigenvalue weighted by atomic mass is 10.1. The highest BCUT2D eigenvalue weighted by molar-refractivity contribution is 5.97. The lowest BCUT2D eigenvalue weighted by molar-refractivity contribution is 0.0792. The fourth-order valence-corrected chi connectivity index (χ4v) is 3.50. The minimum absolute atomic E-state index is 0.204. The van der Waals surface area contributed by atoms with Crippen LogP contribution in [0, 0.1) is 20.8 Å². The summed E-state index contributed by atoms with van der Waals surface area (Å²) in [5.74, 6) is -0.236. The van der Waals surface area contributed by atoms with Gasteiger partial charge in [0.25, 0.3) is 5.91 Å². The van der Waals surface area contributed by atoms with Crippen molar-refractivity contribution in [3.8, 4) is 0 Å². The maximum Gasteiger partial charge on any atom is 0.259 e. The fraction of sp³-hybridized carbons (Fsp3) is 0.381. The molecule has 0 saturated heterocycles. The highest BCUT2D eigenvalue weighted by atomic mass is 16.2. The van der Waals surface area contributed by atoms with Crippen molar-refractivity contribution in [2.24, 2.45) is 7.05 Å². The number of aromatic nitrogens is 3. The Hall–Kier alpha value is -2.89. The van der Waals surface area contributed by atoms with Gasteiger partial charge in [0.1, 0.15) is 5.56 Å². The van der Waals surface area contributed by atoms with Crippen LogP contribution in [0.5, 0.6) is 0 Å². The number of aryl methyl sites for hydroxylation is 4. The van der Waals surface area contributed by atoms with E-state index in [-0.39, 0.29) is 16.9 Å². The van der Waals surface area contributed by atoms with Gasteiger partial charge in [-0.05, 0) is 51.3 Å². The van der Waals surface area contributed by atoms with Gasteiger partial charge in [-0.1, -0.05) is 11.6 Å². The molecule has 0 radical (unpaired) electrons. The predicted octanol–water partition coefficient (Wildman–Crippen LogP) is 2.89. The summed E-state index contributed by atoms with van der Waals surface area (Å²) in [6, 6.07) is 5.73. The first-order valence-corrected chi connectivity index (χ1v) is 9.15. The second kappa shape index (κ2) is 7.39. The highest BCUT2D eigenvalue weighted by Gasteiger charge is 2.18.